The molecular formula is C13H18ClNO3. The van der Waals surface area contributed by atoms with Crippen molar-refractivity contribution in [1.29, 1.82) is 0 Å². The van der Waals surface area contributed by atoms with Gasteiger partial charge < -0.3 is 15.2 Å². The Morgan fingerprint density at radius 1 is 1.50 bits per heavy atom. The summed E-state index contributed by atoms with van der Waals surface area (Å²) >= 11 is 6.07. The molecule has 1 atom stereocenters. The Labute approximate surface area is 112 Å². The second-order valence-corrected chi connectivity index (χ2v) is 4.22. The van der Waals surface area contributed by atoms with Gasteiger partial charge in [-0.05, 0) is 44.5 Å². The van der Waals surface area contributed by atoms with Crippen molar-refractivity contribution < 1.29 is 14.3 Å². The van der Waals surface area contributed by atoms with Gasteiger partial charge in [0.25, 0.3) is 0 Å². The zero-order valence-electron chi connectivity index (χ0n) is 10.6. The van der Waals surface area contributed by atoms with Crippen molar-refractivity contribution >= 4 is 17.6 Å². The maximum absolute atomic E-state index is 11.4. The predicted octanol–water partition coefficient (Wildman–Crippen LogP) is 2.17. The molecule has 0 amide bonds. The van der Waals surface area contributed by atoms with Crippen LogP contribution in [0.3, 0.4) is 0 Å². The van der Waals surface area contributed by atoms with Gasteiger partial charge in [-0.2, -0.15) is 0 Å². The highest BCUT2D eigenvalue weighted by Gasteiger charge is 2.17. The second kappa shape index (κ2) is 7.24. The maximum Gasteiger partial charge on any atom is 0.347 e. The molecule has 18 heavy (non-hydrogen) atoms. The molecule has 0 aliphatic rings. The largest absolute Gasteiger partial charge is 0.477 e. The smallest absolute Gasteiger partial charge is 0.347 e. The van der Waals surface area contributed by atoms with E-state index >= 15 is 0 Å². The number of ether oxygens (including phenoxy) is 2. The van der Waals surface area contributed by atoms with Crippen molar-refractivity contribution in [3.8, 4) is 5.75 Å². The van der Waals surface area contributed by atoms with Crippen molar-refractivity contribution in [2.24, 2.45) is 5.73 Å². The Morgan fingerprint density at radius 2 is 2.22 bits per heavy atom. The fourth-order valence-corrected chi connectivity index (χ4v) is 1.71. The molecule has 0 saturated heterocycles. The standard InChI is InChI=1S/C13H18ClNO3/c1-3-17-13(16)9(2)18-12-5-4-10(6-7-15)8-11(12)14/h4-5,8-9H,3,6-7,15H2,1-2H3. The summed E-state index contributed by atoms with van der Waals surface area (Å²) < 4.78 is 10.3. The van der Waals surface area contributed by atoms with E-state index in [1.807, 2.05) is 6.07 Å². The molecule has 0 fully saturated rings. The zero-order valence-corrected chi connectivity index (χ0v) is 11.4. The van der Waals surface area contributed by atoms with Crippen LogP contribution in [0, 0.1) is 0 Å². The number of hydrogen-bond donors (Lipinski definition) is 1. The Hall–Kier alpha value is -1.26. The van der Waals surface area contributed by atoms with Crippen molar-refractivity contribution in [2.45, 2.75) is 26.4 Å². The first-order valence-electron chi connectivity index (χ1n) is 5.90. The first kappa shape index (κ1) is 14.8. The lowest BCUT2D eigenvalue weighted by atomic mass is 10.1. The summed E-state index contributed by atoms with van der Waals surface area (Å²) in [5.41, 5.74) is 6.51. The summed E-state index contributed by atoms with van der Waals surface area (Å²) in [6.07, 6.45) is 0.0794. The molecule has 0 aliphatic heterocycles. The Bertz CT molecular complexity index is 409. The third-order valence-corrected chi connectivity index (χ3v) is 2.65. The average molecular weight is 272 g/mol. The minimum atomic E-state index is -0.678. The number of benzene rings is 1. The summed E-state index contributed by atoms with van der Waals surface area (Å²) in [6, 6.07) is 5.41. The van der Waals surface area contributed by atoms with Gasteiger partial charge in [-0.3, -0.25) is 0 Å². The van der Waals surface area contributed by atoms with Gasteiger partial charge >= 0.3 is 5.97 Å². The molecule has 1 aromatic carbocycles. The average Bonchev–Trinajstić information content (AvgIpc) is 2.33. The van der Waals surface area contributed by atoms with Gasteiger partial charge in [0.05, 0.1) is 11.6 Å². The monoisotopic (exact) mass is 271 g/mol. The summed E-state index contributed by atoms with van der Waals surface area (Å²) in [5.74, 6) is 0.0672. The van der Waals surface area contributed by atoms with E-state index in [-0.39, 0.29) is 0 Å². The van der Waals surface area contributed by atoms with Crippen LogP contribution in [-0.4, -0.2) is 25.2 Å². The van der Waals surface area contributed by atoms with Gasteiger partial charge in [-0.15, -0.1) is 0 Å². The molecular weight excluding hydrogens is 254 g/mol. The molecule has 1 rings (SSSR count). The molecule has 0 aliphatic carbocycles. The van der Waals surface area contributed by atoms with Crippen LogP contribution >= 0.6 is 11.6 Å². The number of nitrogens with two attached hydrogens (primary N) is 1. The third-order valence-electron chi connectivity index (χ3n) is 2.35. The summed E-state index contributed by atoms with van der Waals surface area (Å²) in [4.78, 5) is 11.4. The maximum atomic E-state index is 11.4. The highest BCUT2D eigenvalue weighted by molar-refractivity contribution is 6.32. The molecule has 1 aromatic rings. The molecule has 4 nitrogen and oxygen atoms in total. The molecule has 2 N–H and O–H groups in total. The summed E-state index contributed by atoms with van der Waals surface area (Å²) in [7, 11) is 0. The quantitative estimate of drug-likeness (QED) is 0.806. The third kappa shape index (κ3) is 4.20. The van der Waals surface area contributed by atoms with E-state index in [9.17, 15) is 4.79 Å². The highest BCUT2D eigenvalue weighted by atomic mass is 35.5. The van der Waals surface area contributed by atoms with Crippen LogP contribution in [0.2, 0.25) is 5.02 Å². The van der Waals surface area contributed by atoms with Gasteiger partial charge in [0.15, 0.2) is 6.10 Å². The topological polar surface area (TPSA) is 61.5 Å². The van der Waals surface area contributed by atoms with Crippen molar-refractivity contribution in [3.05, 3.63) is 28.8 Å². The van der Waals surface area contributed by atoms with E-state index in [0.717, 1.165) is 12.0 Å². The fourth-order valence-electron chi connectivity index (χ4n) is 1.46. The van der Waals surface area contributed by atoms with E-state index < -0.39 is 12.1 Å². The number of carbonyl (C=O) groups excluding carboxylic acids is 1. The summed E-state index contributed by atoms with van der Waals surface area (Å²) in [6.45, 7) is 4.27. The molecule has 100 valence electrons. The number of hydrogen-bond acceptors (Lipinski definition) is 4. The Morgan fingerprint density at radius 3 is 2.78 bits per heavy atom. The van der Waals surface area contributed by atoms with Crippen LogP contribution in [0.4, 0.5) is 0 Å². The number of halogens is 1. The van der Waals surface area contributed by atoms with Crippen LogP contribution < -0.4 is 10.5 Å². The number of rotatable bonds is 6. The fraction of sp³-hybridized carbons (Fsp3) is 0.462. The van der Waals surface area contributed by atoms with Gasteiger partial charge in [0.1, 0.15) is 5.75 Å². The van der Waals surface area contributed by atoms with Crippen LogP contribution in [-0.2, 0) is 16.0 Å². The minimum absolute atomic E-state index is 0.329. The van der Waals surface area contributed by atoms with Crippen molar-refractivity contribution in [3.63, 3.8) is 0 Å². The molecule has 0 radical (unpaired) electrons. The minimum Gasteiger partial charge on any atom is -0.477 e. The van der Waals surface area contributed by atoms with Crippen molar-refractivity contribution in [2.75, 3.05) is 13.2 Å². The molecule has 0 aromatic heterocycles. The number of carbonyl (C=O) groups is 1. The predicted molar refractivity (Wildman–Crippen MR) is 70.9 cm³/mol. The van der Waals surface area contributed by atoms with E-state index in [1.165, 1.54) is 0 Å². The molecule has 0 spiro atoms. The number of esters is 1. The SMILES string of the molecule is CCOC(=O)C(C)Oc1ccc(CCN)cc1Cl. The molecule has 0 heterocycles. The molecule has 0 saturated carbocycles. The molecule has 1 unspecified atom stereocenters. The van der Waals surface area contributed by atoms with Crippen LogP contribution in [0.5, 0.6) is 5.75 Å². The Balaban J connectivity index is 2.70. The lowest BCUT2D eigenvalue weighted by molar-refractivity contribution is -0.150. The lowest BCUT2D eigenvalue weighted by Gasteiger charge is -2.14. The Kier molecular flexibility index (Phi) is 5.95. The van der Waals surface area contributed by atoms with E-state index in [4.69, 9.17) is 26.8 Å². The molecule has 5 heteroatoms. The lowest BCUT2D eigenvalue weighted by Crippen LogP contribution is -2.26. The van der Waals surface area contributed by atoms with E-state index in [0.29, 0.717) is 23.9 Å². The second-order valence-electron chi connectivity index (χ2n) is 3.82. The van der Waals surface area contributed by atoms with Gasteiger partial charge in [0.2, 0.25) is 0 Å². The highest BCUT2D eigenvalue weighted by Crippen LogP contribution is 2.26. The van der Waals surface area contributed by atoms with Crippen molar-refractivity contribution in [1.82, 2.24) is 0 Å². The van der Waals surface area contributed by atoms with Crippen LogP contribution in [0.15, 0.2) is 18.2 Å². The first-order valence-corrected chi connectivity index (χ1v) is 6.28. The first-order chi connectivity index (χ1) is 8.58. The summed E-state index contributed by atoms with van der Waals surface area (Å²) in [5, 5.41) is 0.470. The zero-order chi connectivity index (χ0) is 13.5. The van der Waals surface area contributed by atoms with E-state index in [2.05, 4.69) is 0 Å². The van der Waals surface area contributed by atoms with Gasteiger partial charge in [-0.1, -0.05) is 17.7 Å². The molecule has 0 bridgehead atoms. The van der Waals surface area contributed by atoms with E-state index in [1.54, 1.807) is 26.0 Å². The van der Waals surface area contributed by atoms with Gasteiger partial charge in [-0.25, -0.2) is 4.79 Å². The normalized spacial score (nSPS) is 12.0. The van der Waals surface area contributed by atoms with Crippen LogP contribution in [0.1, 0.15) is 19.4 Å². The van der Waals surface area contributed by atoms with Crippen LogP contribution in [0.25, 0.3) is 0 Å². The van der Waals surface area contributed by atoms with Gasteiger partial charge in [0, 0.05) is 0 Å².